The van der Waals surface area contributed by atoms with Crippen LogP contribution in [0.15, 0.2) is 53.5 Å². The highest BCUT2D eigenvalue weighted by atomic mass is 32.1. The van der Waals surface area contributed by atoms with Crippen molar-refractivity contribution in [3.05, 3.63) is 63.8 Å². The van der Waals surface area contributed by atoms with Crippen LogP contribution < -0.4 is 9.54 Å². The first kappa shape index (κ1) is 15.4. The minimum Gasteiger partial charge on any atom is -0.497 e. The average molecular weight is 349 g/mol. The predicted octanol–water partition coefficient (Wildman–Crippen LogP) is 3.99. The maximum absolute atomic E-state index is 10.6. The topological polar surface area (TPSA) is 70.6 Å². The Bertz CT molecular complexity index is 1060. The summed E-state index contributed by atoms with van der Waals surface area (Å²) >= 11 is 1.22. The van der Waals surface area contributed by atoms with Crippen LogP contribution in [0.2, 0.25) is 0 Å². The molecule has 124 valence electrons. The van der Waals surface area contributed by atoms with Crippen molar-refractivity contribution in [1.82, 2.24) is 4.57 Å². The lowest BCUT2D eigenvalue weighted by atomic mass is 10.1. The third-order valence-corrected chi connectivity index (χ3v) is 4.91. The highest BCUT2D eigenvalue weighted by Gasteiger charge is 2.16. The molecule has 0 saturated heterocycles. The molecule has 1 aliphatic heterocycles. The zero-order chi connectivity index (χ0) is 17.4. The van der Waals surface area contributed by atoms with E-state index < -0.39 is 0 Å². The summed E-state index contributed by atoms with van der Waals surface area (Å²) in [5.74, 6) is 0.775. The summed E-state index contributed by atoms with van der Waals surface area (Å²) in [6, 6.07) is 15.1. The molecular weight excluding hydrogens is 334 g/mol. The van der Waals surface area contributed by atoms with E-state index in [0.29, 0.717) is 10.6 Å². The van der Waals surface area contributed by atoms with E-state index in [1.165, 1.54) is 15.9 Å². The number of thiazole rings is 1. The van der Waals surface area contributed by atoms with Gasteiger partial charge in [0.15, 0.2) is 4.80 Å². The normalized spacial score (nSPS) is 14.0. The number of rotatable bonds is 3. The van der Waals surface area contributed by atoms with E-state index in [0.717, 1.165) is 22.6 Å². The van der Waals surface area contributed by atoms with Crippen LogP contribution in [0.4, 0.5) is 5.69 Å². The lowest BCUT2D eigenvalue weighted by Crippen LogP contribution is -2.09. The number of aromatic nitrogens is 1. The van der Waals surface area contributed by atoms with Gasteiger partial charge in [0.2, 0.25) is 5.88 Å². The number of hydrogen-bond donors (Lipinski definition) is 2. The molecule has 0 unspecified atom stereocenters. The number of ether oxygens (including phenoxy) is 1. The van der Waals surface area contributed by atoms with Gasteiger partial charge < -0.3 is 9.84 Å². The molecule has 5 nitrogen and oxygen atoms in total. The molecule has 0 saturated carbocycles. The van der Waals surface area contributed by atoms with Gasteiger partial charge in [0.05, 0.1) is 23.4 Å². The van der Waals surface area contributed by atoms with Crippen molar-refractivity contribution in [2.45, 2.75) is 0 Å². The maximum Gasteiger partial charge on any atom is 0.215 e. The van der Waals surface area contributed by atoms with E-state index in [1.807, 2.05) is 42.5 Å². The minimum atomic E-state index is 0.0467. The third-order valence-electron chi connectivity index (χ3n) is 4.02. The Morgan fingerprint density at radius 3 is 2.68 bits per heavy atom. The first-order valence-corrected chi connectivity index (χ1v) is 8.48. The summed E-state index contributed by atoms with van der Waals surface area (Å²) < 4.78 is 6.66. The molecule has 0 bridgehead atoms. The maximum atomic E-state index is 10.6. The summed E-state index contributed by atoms with van der Waals surface area (Å²) in [6.07, 6.45) is 3.65. The van der Waals surface area contributed by atoms with Crippen LogP contribution >= 0.6 is 11.3 Å². The van der Waals surface area contributed by atoms with Crippen LogP contribution in [0.3, 0.4) is 0 Å². The summed E-state index contributed by atoms with van der Waals surface area (Å²) in [4.78, 5) is 5.25. The molecule has 0 atom stereocenters. The van der Waals surface area contributed by atoms with Crippen LogP contribution in [0.5, 0.6) is 11.6 Å². The molecule has 6 heteroatoms. The average Bonchev–Trinajstić information content (AvgIpc) is 3.17. The van der Waals surface area contributed by atoms with E-state index in [4.69, 9.17) is 10.1 Å². The van der Waals surface area contributed by atoms with Crippen LogP contribution in [-0.4, -0.2) is 23.0 Å². The van der Waals surface area contributed by atoms with Crippen LogP contribution in [0.1, 0.15) is 10.4 Å². The largest absolute Gasteiger partial charge is 0.497 e. The van der Waals surface area contributed by atoms with Gasteiger partial charge in [-0.25, -0.2) is 0 Å². The van der Waals surface area contributed by atoms with Crippen molar-refractivity contribution < 1.29 is 9.84 Å². The van der Waals surface area contributed by atoms with Crippen molar-refractivity contribution in [3.63, 3.8) is 0 Å². The standard InChI is InChI=1S/C19H15N3O2S/c1-24-14-8-6-13(7-9-14)22-18(23)17(25-19(22)20)10-12-11-21-16-5-3-2-4-15(12)16/h2-11,20,23H,1H3/b12-10+,20-19?. The predicted molar refractivity (Wildman–Crippen MR) is 100 cm³/mol. The number of allylic oxidation sites excluding steroid dienone is 1. The molecule has 1 aromatic heterocycles. The lowest BCUT2D eigenvalue weighted by Gasteiger charge is -2.06. The zero-order valence-corrected chi connectivity index (χ0v) is 14.2. The first-order chi connectivity index (χ1) is 12.2. The molecular formula is C19H15N3O2S. The number of methoxy groups -OCH3 is 1. The van der Waals surface area contributed by atoms with Gasteiger partial charge in [-0.05, 0) is 36.4 Å². The van der Waals surface area contributed by atoms with Gasteiger partial charge in [0.1, 0.15) is 5.75 Å². The second-order valence-corrected chi connectivity index (χ2v) is 6.53. The lowest BCUT2D eigenvalue weighted by molar-refractivity contribution is 0.414. The van der Waals surface area contributed by atoms with E-state index in [-0.39, 0.29) is 10.7 Å². The molecule has 4 rings (SSSR count). The summed E-state index contributed by atoms with van der Waals surface area (Å²) in [7, 11) is 1.60. The van der Waals surface area contributed by atoms with Gasteiger partial charge in [0.25, 0.3) is 0 Å². The first-order valence-electron chi connectivity index (χ1n) is 7.66. The van der Waals surface area contributed by atoms with Crippen LogP contribution in [-0.2, 0) is 0 Å². The second kappa shape index (κ2) is 6.07. The number of aromatic hydroxyl groups is 1. The van der Waals surface area contributed by atoms with E-state index in [2.05, 4.69) is 4.99 Å². The Hall–Kier alpha value is -3.12. The Kier molecular flexibility index (Phi) is 3.74. The number of hydrogen-bond acceptors (Lipinski definition) is 5. The molecule has 2 heterocycles. The van der Waals surface area contributed by atoms with Gasteiger partial charge in [0, 0.05) is 17.4 Å². The summed E-state index contributed by atoms with van der Waals surface area (Å²) in [5, 5.41) is 18.8. The fourth-order valence-corrected chi connectivity index (χ4v) is 3.62. The van der Waals surface area contributed by atoms with E-state index >= 15 is 0 Å². The van der Waals surface area contributed by atoms with Gasteiger partial charge in [-0.2, -0.15) is 0 Å². The molecule has 25 heavy (non-hydrogen) atoms. The van der Waals surface area contributed by atoms with Gasteiger partial charge in [-0.3, -0.25) is 15.0 Å². The van der Waals surface area contributed by atoms with Crippen molar-refractivity contribution >= 4 is 34.9 Å². The highest BCUT2D eigenvalue weighted by Crippen LogP contribution is 2.34. The van der Waals surface area contributed by atoms with E-state index in [1.54, 1.807) is 25.5 Å². The molecule has 0 spiro atoms. The number of para-hydroxylation sites is 1. The Labute approximate surface area is 148 Å². The molecule has 2 aromatic carbocycles. The number of nitrogens with one attached hydrogen (secondary N) is 1. The van der Waals surface area contributed by atoms with Crippen molar-refractivity contribution in [2.75, 3.05) is 7.11 Å². The Morgan fingerprint density at radius 2 is 1.92 bits per heavy atom. The highest BCUT2D eigenvalue weighted by molar-refractivity contribution is 7.10. The van der Waals surface area contributed by atoms with Gasteiger partial charge >= 0.3 is 0 Å². The molecule has 2 N–H and O–H groups in total. The molecule has 0 amide bonds. The molecule has 0 aliphatic carbocycles. The smallest absolute Gasteiger partial charge is 0.215 e. The monoisotopic (exact) mass is 349 g/mol. The Balaban J connectivity index is 1.77. The minimum absolute atomic E-state index is 0.0467. The summed E-state index contributed by atoms with van der Waals surface area (Å²) in [6.45, 7) is 0. The number of benzene rings is 2. The van der Waals surface area contributed by atoms with Crippen molar-refractivity contribution in [2.24, 2.45) is 4.99 Å². The zero-order valence-electron chi connectivity index (χ0n) is 13.4. The fraction of sp³-hybridized carbons (Fsp3) is 0.0526. The van der Waals surface area contributed by atoms with Crippen LogP contribution in [0, 0.1) is 5.41 Å². The molecule has 3 aromatic rings. The Morgan fingerprint density at radius 1 is 1.16 bits per heavy atom. The van der Waals surface area contributed by atoms with Crippen molar-refractivity contribution in [3.8, 4) is 17.3 Å². The number of fused-ring (bicyclic) bond motifs is 1. The SMILES string of the molecule is COc1ccc(-n2c(O)c(/C=C3\C=Nc4ccccc43)sc2=N)cc1. The van der Waals surface area contributed by atoms with Gasteiger partial charge in [-0.1, -0.05) is 29.5 Å². The molecule has 0 radical (unpaired) electrons. The third kappa shape index (κ3) is 2.66. The van der Waals surface area contributed by atoms with Crippen LogP contribution in [0.25, 0.3) is 17.3 Å². The van der Waals surface area contributed by atoms with E-state index in [9.17, 15) is 5.11 Å². The fourth-order valence-electron chi connectivity index (χ4n) is 2.76. The molecule has 1 aliphatic rings. The number of nitrogens with zero attached hydrogens (tertiary/aromatic N) is 2. The second-order valence-electron chi connectivity index (χ2n) is 5.50. The van der Waals surface area contributed by atoms with Crippen molar-refractivity contribution in [1.29, 1.82) is 5.41 Å². The number of aliphatic imine (C=N–C) groups is 1. The molecule has 0 fully saturated rings. The quantitative estimate of drug-likeness (QED) is 0.750. The van der Waals surface area contributed by atoms with Gasteiger partial charge in [-0.15, -0.1) is 0 Å². The summed E-state index contributed by atoms with van der Waals surface area (Å²) in [5.41, 5.74) is 3.58.